The van der Waals surface area contributed by atoms with Crippen LogP contribution in [-0.2, 0) is 10.0 Å². The Morgan fingerprint density at radius 3 is 2.52 bits per heavy atom. The van der Waals surface area contributed by atoms with Gasteiger partial charge in [0.15, 0.2) is 5.82 Å². The molecule has 1 aromatic heterocycles. The Morgan fingerprint density at radius 1 is 1.17 bits per heavy atom. The Bertz CT molecular complexity index is 793. The van der Waals surface area contributed by atoms with Gasteiger partial charge in [0.2, 0.25) is 0 Å². The highest BCUT2D eigenvalue weighted by Crippen LogP contribution is 2.26. The first-order valence-corrected chi connectivity index (χ1v) is 8.11. The number of anilines is 2. The zero-order valence-corrected chi connectivity index (χ0v) is 14.1. The summed E-state index contributed by atoms with van der Waals surface area (Å²) in [5.74, 6) is 0.843. The predicted octanol–water partition coefficient (Wildman–Crippen LogP) is 1.36. The number of aromatic nitrogens is 2. The van der Waals surface area contributed by atoms with Gasteiger partial charge < -0.3 is 14.4 Å². The molecule has 0 aliphatic carbocycles. The van der Waals surface area contributed by atoms with Crippen LogP contribution >= 0.6 is 0 Å². The largest absolute Gasteiger partial charge is 0.497 e. The number of hydrogen-bond acceptors (Lipinski definition) is 7. The van der Waals surface area contributed by atoms with E-state index in [2.05, 4.69) is 14.7 Å². The maximum atomic E-state index is 12.5. The molecule has 0 radical (unpaired) electrons. The van der Waals surface area contributed by atoms with Crippen molar-refractivity contribution in [3.8, 4) is 11.8 Å². The third kappa shape index (κ3) is 3.81. The van der Waals surface area contributed by atoms with E-state index in [1.165, 1.54) is 32.5 Å². The second kappa shape index (κ2) is 6.69. The molecule has 0 aliphatic heterocycles. The van der Waals surface area contributed by atoms with Crippen LogP contribution in [0.15, 0.2) is 35.4 Å². The number of nitrogens with zero attached hydrogens (tertiary/aromatic N) is 3. The molecule has 2 aromatic rings. The smallest absolute Gasteiger partial charge is 0.318 e. The molecule has 0 amide bonds. The zero-order valence-electron chi connectivity index (χ0n) is 13.3. The van der Waals surface area contributed by atoms with Crippen LogP contribution in [0, 0.1) is 0 Å². The Labute approximate surface area is 135 Å². The summed E-state index contributed by atoms with van der Waals surface area (Å²) in [4.78, 5) is 9.82. The molecule has 0 aliphatic rings. The summed E-state index contributed by atoms with van der Waals surface area (Å²) < 4.78 is 37.5. The molecule has 23 heavy (non-hydrogen) atoms. The average Bonchev–Trinajstić information content (AvgIpc) is 2.54. The molecule has 0 saturated carbocycles. The summed E-state index contributed by atoms with van der Waals surface area (Å²) >= 11 is 0. The van der Waals surface area contributed by atoms with E-state index in [1.807, 2.05) is 0 Å². The van der Waals surface area contributed by atoms with Crippen molar-refractivity contribution < 1.29 is 17.9 Å². The molecule has 0 spiro atoms. The van der Waals surface area contributed by atoms with E-state index < -0.39 is 10.0 Å². The van der Waals surface area contributed by atoms with Gasteiger partial charge in [0.25, 0.3) is 10.0 Å². The van der Waals surface area contributed by atoms with Gasteiger partial charge in [0.05, 0.1) is 25.3 Å². The molecule has 1 heterocycles. The van der Waals surface area contributed by atoms with E-state index >= 15 is 0 Å². The Hall–Kier alpha value is -2.55. The van der Waals surface area contributed by atoms with Gasteiger partial charge in [0, 0.05) is 20.2 Å². The van der Waals surface area contributed by atoms with Crippen LogP contribution in [0.4, 0.5) is 11.5 Å². The fourth-order valence-corrected chi connectivity index (χ4v) is 2.92. The fraction of sp³-hybridized carbons (Fsp3) is 0.286. The van der Waals surface area contributed by atoms with Crippen molar-refractivity contribution in [2.24, 2.45) is 0 Å². The lowest BCUT2D eigenvalue weighted by molar-refractivity contribution is 0.380. The molecule has 9 heteroatoms. The van der Waals surface area contributed by atoms with Gasteiger partial charge in [0.1, 0.15) is 11.4 Å². The highest BCUT2D eigenvalue weighted by atomic mass is 32.2. The second-order valence-corrected chi connectivity index (χ2v) is 6.46. The maximum absolute atomic E-state index is 12.5. The van der Waals surface area contributed by atoms with Crippen LogP contribution in [0.3, 0.4) is 0 Å². The van der Waals surface area contributed by atoms with E-state index in [-0.39, 0.29) is 16.6 Å². The van der Waals surface area contributed by atoms with Crippen molar-refractivity contribution in [2.45, 2.75) is 4.90 Å². The van der Waals surface area contributed by atoms with Crippen LogP contribution in [0.2, 0.25) is 0 Å². The monoisotopic (exact) mass is 338 g/mol. The minimum absolute atomic E-state index is 0.0809. The fourth-order valence-electron chi connectivity index (χ4n) is 1.84. The van der Waals surface area contributed by atoms with Gasteiger partial charge in [-0.3, -0.25) is 4.72 Å². The topological polar surface area (TPSA) is 93.7 Å². The molecule has 124 valence electrons. The van der Waals surface area contributed by atoms with Gasteiger partial charge in [-0.05, 0) is 12.1 Å². The average molecular weight is 338 g/mol. The minimum Gasteiger partial charge on any atom is -0.497 e. The molecule has 0 atom stereocenters. The van der Waals surface area contributed by atoms with E-state index in [1.54, 1.807) is 31.1 Å². The third-order valence-corrected chi connectivity index (χ3v) is 4.31. The summed E-state index contributed by atoms with van der Waals surface area (Å²) in [6.45, 7) is 0. The molecule has 0 bridgehead atoms. The predicted molar refractivity (Wildman–Crippen MR) is 86.7 cm³/mol. The van der Waals surface area contributed by atoms with Crippen LogP contribution in [-0.4, -0.2) is 46.7 Å². The van der Waals surface area contributed by atoms with Gasteiger partial charge in [-0.2, -0.15) is 4.98 Å². The van der Waals surface area contributed by atoms with E-state index in [0.29, 0.717) is 11.6 Å². The van der Waals surface area contributed by atoms with Crippen LogP contribution in [0.1, 0.15) is 0 Å². The van der Waals surface area contributed by atoms with E-state index in [9.17, 15) is 8.42 Å². The molecule has 0 fully saturated rings. The number of methoxy groups -OCH3 is 2. The van der Waals surface area contributed by atoms with Crippen LogP contribution in [0.5, 0.6) is 11.8 Å². The van der Waals surface area contributed by atoms with E-state index in [4.69, 9.17) is 9.47 Å². The summed E-state index contributed by atoms with van der Waals surface area (Å²) in [6, 6.07) is 6.33. The number of ether oxygens (including phenoxy) is 2. The number of benzene rings is 1. The first-order valence-electron chi connectivity index (χ1n) is 6.62. The highest BCUT2D eigenvalue weighted by molar-refractivity contribution is 7.92. The molecule has 2 rings (SSSR count). The molecular weight excluding hydrogens is 320 g/mol. The number of hydrogen-bond donors (Lipinski definition) is 1. The third-order valence-electron chi connectivity index (χ3n) is 2.95. The number of rotatable bonds is 6. The summed E-state index contributed by atoms with van der Waals surface area (Å²) in [7, 11) is 2.60. The van der Waals surface area contributed by atoms with Crippen LogP contribution < -0.4 is 19.1 Å². The van der Waals surface area contributed by atoms with Crippen LogP contribution in [0.25, 0.3) is 0 Å². The van der Waals surface area contributed by atoms with Crippen molar-refractivity contribution in [1.82, 2.24) is 9.97 Å². The van der Waals surface area contributed by atoms with Gasteiger partial charge in [-0.25, -0.2) is 13.4 Å². The van der Waals surface area contributed by atoms with Crippen molar-refractivity contribution in [3.05, 3.63) is 30.5 Å². The van der Waals surface area contributed by atoms with Gasteiger partial charge in [-0.1, -0.05) is 6.07 Å². The lowest BCUT2D eigenvalue weighted by atomic mass is 10.3. The first-order chi connectivity index (χ1) is 10.9. The standard InChI is InChI=1S/C14H18N4O4S/c1-18(2)13-12(9-15-14(16-13)22-4)17-23(19,20)11-7-5-6-10(8-11)21-3/h5-9,17H,1-4H3. The van der Waals surface area contributed by atoms with Crippen molar-refractivity contribution in [2.75, 3.05) is 37.9 Å². The summed E-state index contributed by atoms with van der Waals surface area (Å²) in [5, 5.41) is 0. The van der Waals surface area contributed by atoms with Gasteiger partial charge in [-0.15, -0.1) is 0 Å². The normalized spacial score (nSPS) is 11.0. The second-order valence-electron chi connectivity index (χ2n) is 4.77. The maximum Gasteiger partial charge on any atom is 0.318 e. The number of sulfonamides is 1. The lowest BCUT2D eigenvalue weighted by Crippen LogP contribution is -2.19. The molecule has 0 saturated heterocycles. The Balaban J connectivity index is 2.40. The summed E-state index contributed by atoms with van der Waals surface area (Å²) in [5.41, 5.74) is 0.249. The van der Waals surface area contributed by atoms with Crippen molar-refractivity contribution in [3.63, 3.8) is 0 Å². The zero-order chi connectivity index (χ0) is 17.0. The molecule has 1 N–H and O–H groups in total. The van der Waals surface area contributed by atoms with Crippen molar-refractivity contribution >= 4 is 21.5 Å². The van der Waals surface area contributed by atoms with Gasteiger partial charge >= 0.3 is 6.01 Å². The summed E-state index contributed by atoms with van der Waals surface area (Å²) in [6.07, 6.45) is 1.36. The number of nitrogens with one attached hydrogen (secondary N) is 1. The highest BCUT2D eigenvalue weighted by Gasteiger charge is 2.19. The quantitative estimate of drug-likeness (QED) is 0.850. The SMILES string of the molecule is COc1cccc(S(=O)(=O)Nc2cnc(OC)nc2N(C)C)c1. The molecule has 1 aromatic carbocycles. The molecule has 0 unspecified atom stereocenters. The molecule has 8 nitrogen and oxygen atoms in total. The molecular formula is C14H18N4O4S. The lowest BCUT2D eigenvalue weighted by Gasteiger charge is -2.17. The Kier molecular flexibility index (Phi) is 4.89. The first kappa shape index (κ1) is 16.8. The Morgan fingerprint density at radius 2 is 1.91 bits per heavy atom. The van der Waals surface area contributed by atoms with Crippen molar-refractivity contribution in [1.29, 1.82) is 0 Å². The van der Waals surface area contributed by atoms with E-state index in [0.717, 1.165) is 0 Å². The minimum atomic E-state index is -3.80.